The first-order valence-electron chi connectivity index (χ1n) is 7.29. The van der Waals surface area contributed by atoms with Gasteiger partial charge < -0.3 is 0 Å². The lowest BCUT2D eigenvalue weighted by Crippen LogP contribution is -2.15. The van der Waals surface area contributed by atoms with Crippen LogP contribution in [0.2, 0.25) is 0 Å². The molecule has 0 aliphatic carbocycles. The van der Waals surface area contributed by atoms with Crippen LogP contribution in [0.5, 0.6) is 0 Å². The van der Waals surface area contributed by atoms with Gasteiger partial charge in [-0.3, -0.25) is 9.29 Å². The minimum Gasteiger partial charge on any atom is -0.288 e. The quantitative estimate of drug-likeness (QED) is 0.785. The molecule has 124 valence electrons. The van der Waals surface area contributed by atoms with E-state index in [9.17, 15) is 8.42 Å². The van der Waals surface area contributed by atoms with Crippen molar-refractivity contribution >= 4 is 15.8 Å². The standard InChI is InChI=1S/C16H17N5O2S/c1-11-6-12(2)8-14(7-11)24(22,23)20-15-9-16(19-10-18-15)21-5-4-17-13(21)3/h4-10H,1-3H3,(H,18,19,20). The average molecular weight is 343 g/mol. The molecule has 8 heteroatoms. The summed E-state index contributed by atoms with van der Waals surface area (Å²) in [6.07, 6.45) is 4.71. The normalized spacial score (nSPS) is 11.5. The Bertz CT molecular complexity index is 975. The third-order valence-electron chi connectivity index (χ3n) is 3.47. The summed E-state index contributed by atoms with van der Waals surface area (Å²) in [5, 5.41) is 0. The summed E-state index contributed by atoms with van der Waals surface area (Å²) in [5.41, 5.74) is 1.76. The molecular weight excluding hydrogens is 326 g/mol. The highest BCUT2D eigenvalue weighted by Crippen LogP contribution is 2.18. The number of sulfonamides is 1. The fourth-order valence-corrected chi connectivity index (χ4v) is 3.63. The predicted molar refractivity (Wildman–Crippen MR) is 90.6 cm³/mol. The van der Waals surface area contributed by atoms with E-state index in [2.05, 4.69) is 19.7 Å². The average Bonchev–Trinajstić information content (AvgIpc) is 2.92. The summed E-state index contributed by atoms with van der Waals surface area (Å²) in [6.45, 7) is 5.55. The largest absolute Gasteiger partial charge is 0.288 e. The molecule has 2 aromatic heterocycles. The number of aromatic nitrogens is 4. The summed E-state index contributed by atoms with van der Waals surface area (Å²) in [5.74, 6) is 1.49. The van der Waals surface area contributed by atoms with E-state index < -0.39 is 10.0 Å². The summed E-state index contributed by atoms with van der Waals surface area (Å²) >= 11 is 0. The van der Waals surface area contributed by atoms with Crippen LogP contribution in [0.4, 0.5) is 5.82 Å². The van der Waals surface area contributed by atoms with Gasteiger partial charge in [0.15, 0.2) is 0 Å². The lowest BCUT2D eigenvalue weighted by molar-refractivity contribution is 0.601. The molecule has 3 aromatic rings. The molecule has 1 N–H and O–H groups in total. The maximum absolute atomic E-state index is 12.6. The van der Waals surface area contributed by atoms with Crippen LogP contribution in [0, 0.1) is 20.8 Å². The summed E-state index contributed by atoms with van der Waals surface area (Å²) in [6, 6.07) is 6.73. The molecule has 2 heterocycles. The van der Waals surface area contributed by atoms with Crippen molar-refractivity contribution in [2.75, 3.05) is 4.72 Å². The van der Waals surface area contributed by atoms with Crippen LogP contribution in [0.3, 0.4) is 0 Å². The van der Waals surface area contributed by atoms with Crippen molar-refractivity contribution < 1.29 is 8.42 Å². The zero-order valence-corrected chi connectivity index (χ0v) is 14.4. The zero-order valence-electron chi connectivity index (χ0n) is 13.6. The monoisotopic (exact) mass is 343 g/mol. The number of rotatable bonds is 4. The molecule has 0 saturated heterocycles. The van der Waals surface area contributed by atoms with Gasteiger partial charge in [0.25, 0.3) is 10.0 Å². The van der Waals surface area contributed by atoms with Crippen LogP contribution >= 0.6 is 0 Å². The summed E-state index contributed by atoms with van der Waals surface area (Å²) in [4.78, 5) is 12.5. The molecule has 0 radical (unpaired) electrons. The molecule has 0 saturated carbocycles. The van der Waals surface area contributed by atoms with Gasteiger partial charge in [-0.25, -0.2) is 23.4 Å². The van der Waals surface area contributed by atoms with Crippen molar-refractivity contribution in [1.29, 1.82) is 0 Å². The Morgan fingerprint density at radius 2 is 1.67 bits per heavy atom. The van der Waals surface area contributed by atoms with Gasteiger partial charge >= 0.3 is 0 Å². The van der Waals surface area contributed by atoms with Crippen LogP contribution in [-0.4, -0.2) is 27.9 Å². The predicted octanol–water partition coefficient (Wildman–Crippen LogP) is 2.39. The van der Waals surface area contributed by atoms with Crippen LogP contribution in [0.1, 0.15) is 17.0 Å². The van der Waals surface area contributed by atoms with Crippen molar-refractivity contribution in [2.24, 2.45) is 0 Å². The van der Waals surface area contributed by atoms with Crippen molar-refractivity contribution in [3.05, 3.63) is 59.9 Å². The third-order valence-corrected chi connectivity index (χ3v) is 4.80. The Morgan fingerprint density at radius 1 is 0.958 bits per heavy atom. The lowest BCUT2D eigenvalue weighted by atomic mass is 10.2. The Hall–Kier alpha value is -2.74. The second-order valence-corrected chi connectivity index (χ2v) is 7.22. The SMILES string of the molecule is Cc1cc(C)cc(S(=O)(=O)Nc2cc(-n3ccnc3C)ncn2)c1. The van der Waals surface area contributed by atoms with E-state index in [4.69, 9.17) is 0 Å². The first kappa shape index (κ1) is 16.1. The van der Waals surface area contributed by atoms with E-state index in [0.29, 0.717) is 5.82 Å². The lowest BCUT2D eigenvalue weighted by Gasteiger charge is -2.10. The van der Waals surface area contributed by atoms with Gasteiger partial charge in [-0.05, 0) is 44.0 Å². The van der Waals surface area contributed by atoms with E-state index in [-0.39, 0.29) is 10.7 Å². The number of anilines is 1. The molecule has 7 nitrogen and oxygen atoms in total. The zero-order chi connectivity index (χ0) is 17.3. The molecule has 0 aliphatic heterocycles. The number of nitrogens with one attached hydrogen (secondary N) is 1. The molecule has 0 spiro atoms. The van der Waals surface area contributed by atoms with E-state index in [1.165, 1.54) is 6.33 Å². The van der Waals surface area contributed by atoms with E-state index in [1.807, 2.05) is 26.8 Å². The Morgan fingerprint density at radius 3 is 2.29 bits per heavy atom. The number of nitrogens with zero attached hydrogens (tertiary/aromatic N) is 4. The van der Waals surface area contributed by atoms with Crippen LogP contribution in [-0.2, 0) is 10.0 Å². The number of hydrogen-bond acceptors (Lipinski definition) is 5. The van der Waals surface area contributed by atoms with Crippen molar-refractivity contribution in [3.63, 3.8) is 0 Å². The molecule has 0 aliphatic rings. The highest BCUT2D eigenvalue weighted by atomic mass is 32.2. The second-order valence-electron chi connectivity index (χ2n) is 5.53. The topological polar surface area (TPSA) is 89.8 Å². The van der Waals surface area contributed by atoms with E-state index >= 15 is 0 Å². The van der Waals surface area contributed by atoms with Crippen molar-refractivity contribution in [2.45, 2.75) is 25.7 Å². The summed E-state index contributed by atoms with van der Waals surface area (Å²) in [7, 11) is -3.72. The first-order chi connectivity index (χ1) is 11.3. The number of hydrogen-bond donors (Lipinski definition) is 1. The Kier molecular flexibility index (Phi) is 4.06. The van der Waals surface area contributed by atoms with Crippen LogP contribution < -0.4 is 4.72 Å². The van der Waals surface area contributed by atoms with Gasteiger partial charge in [0.1, 0.15) is 23.8 Å². The Balaban J connectivity index is 1.95. The second kappa shape index (κ2) is 6.04. The smallest absolute Gasteiger partial charge is 0.263 e. The van der Waals surface area contributed by atoms with Gasteiger partial charge in [0, 0.05) is 18.5 Å². The number of imidazole rings is 1. The maximum Gasteiger partial charge on any atom is 0.263 e. The van der Waals surface area contributed by atoms with Crippen LogP contribution in [0.25, 0.3) is 5.82 Å². The van der Waals surface area contributed by atoms with Gasteiger partial charge in [-0.15, -0.1) is 0 Å². The van der Waals surface area contributed by atoms with Gasteiger partial charge in [-0.1, -0.05) is 6.07 Å². The van der Waals surface area contributed by atoms with Gasteiger partial charge in [0.2, 0.25) is 0 Å². The fourth-order valence-electron chi connectivity index (χ4n) is 2.44. The molecule has 24 heavy (non-hydrogen) atoms. The molecule has 0 unspecified atom stereocenters. The molecule has 0 fully saturated rings. The molecule has 1 aromatic carbocycles. The number of benzene rings is 1. The van der Waals surface area contributed by atoms with Gasteiger partial charge in [-0.2, -0.15) is 0 Å². The van der Waals surface area contributed by atoms with Crippen molar-refractivity contribution in [1.82, 2.24) is 19.5 Å². The fraction of sp³-hybridized carbons (Fsp3) is 0.188. The molecule has 0 amide bonds. The molecule has 0 atom stereocenters. The van der Waals surface area contributed by atoms with E-state index in [1.54, 1.807) is 35.2 Å². The summed E-state index contributed by atoms with van der Waals surface area (Å²) < 4.78 is 29.4. The van der Waals surface area contributed by atoms with Gasteiger partial charge in [0.05, 0.1) is 4.90 Å². The number of aryl methyl sites for hydroxylation is 3. The molecule has 3 rings (SSSR count). The highest BCUT2D eigenvalue weighted by Gasteiger charge is 2.16. The maximum atomic E-state index is 12.6. The molecular formula is C16H17N5O2S. The Labute approximate surface area is 140 Å². The highest BCUT2D eigenvalue weighted by molar-refractivity contribution is 7.92. The van der Waals surface area contributed by atoms with E-state index in [0.717, 1.165) is 17.0 Å². The third kappa shape index (κ3) is 3.28. The first-order valence-corrected chi connectivity index (χ1v) is 8.77. The molecule has 0 bridgehead atoms. The minimum absolute atomic E-state index is 0.201. The van der Waals surface area contributed by atoms with Crippen molar-refractivity contribution in [3.8, 4) is 5.82 Å². The minimum atomic E-state index is -3.72. The van der Waals surface area contributed by atoms with Crippen LogP contribution in [0.15, 0.2) is 47.9 Å².